The van der Waals surface area contributed by atoms with Gasteiger partial charge in [-0.05, 0) is 98.0 Å². The van der Waals surface area contributed by atoms with Crippen LogP contribution >= 0.6 is 0 Å². The van der Waals surface area contributed by atoms with E-state index in [4.69, 9.17) is 4.74 Å². The van der Waals surface area contributed by atoms with Gasteiger partial charge in [-0.15, -0.1) is 0 Å². The van der Waals surface area contributed by atoms with Crippen LogP contribution in [0.2, 0.25) is 0 Å². The van der Waals surface area contributed by atoms with E-state index in [1.807, 2.05) is 0 Å². The van der Waals surface area contributed by atoms with Crippen molar-refractivity contribution in [3.63, 3.8) is 0 Å². The zero-order valence-corrected chi connectivity index (χ0v) is 17.6. The lowest BCUT2D eigenvalue weighted by molar-refractivity contribution is -0.127. The van der Waals surface area contributed by atoms with E-state index in [9.17, 15) is 4.79 Å². The largest absolute Gasteiger partial charge is 0.494 e. The van der Waals surface area contributed by atoms with Gasteiger partial charge in [-0.2, -0.15) is 0 Å². The minimum Gasteiger partial charge on any atom is -0.494 e. The minimum atomic E-state index is -0.152. The molecule has 0 N–H and O–H groups in total. The lowest BCUT2D eigenvalue weighted by Gasteiger charge is -2.53. The van der Waals surface area contributed by atoms with Crippen LogP contribution in [-0.4, -0.2) is 12.4 Å². The minimum absolute atomic E-state index is 0.133. The SMILES string of the molecule is CCOC1=CCC2(C)C(=C1)C1(CC1)CC1=C2CCC23C(=O)CC[C@]2(C)CC=C13. The zero-order chi connectivity index (χ0) is 19.4. The summed E-state index contributed by atoms with van der Waals surface area (Å²) in [6, 6.07) is 0. The summed E-state index contributed by atoms with van der Waals surface area (Å²) in [4.78, 5) is 13.2. The molecule has 0 heterocycles. The molecule has 0 amide bonds. The molecule has 0 aromatic rings. The average Bonchev–Trinajstić information content (AvgIpc) is 3.31. The maximum atomic E-state index is 13.2. The number of hydrogen-bond acceptors (Lipinski definition) is 2. The van der Waals surface area contributed by atoms with Crippen molar-refractivity contribution in [2.24, 2.45) is 21.7 Å². The topological polar surface area (TPSA) is 26.3 Å². The third-order valence-corrected chi connectivity index (χ3v) is 9.58. The monoisotopic (exact) mass is 376 g/mol. The predicted octanol–water partition coefficient (Wildman–Crippen LogP) is 6.20. The number of allylic oxidation sites excluding steroid dienone is 7. The van der Waals surface area contributed by atoms with Gasteiger partial charge < -0.3 is 4.74 Å². The highest BCUT2D eigenvalue weighted by Gasteiger charge is 2.66. The number of rotatable bonds is 2. The van der Waals surface area contributed by atoms with Crippen molar-refractivity contribution in [1.29, 1.82) is 0 Å². The van der Waals surface area contributed by atoms with Gasteiger partial charge in [0.25, 0.3) is 0 Å². The molecule has 28 heavy (non-hydrogen) atoms. The maximum Gasteiger partial charge on any atom is 0.143 e. The molecule has 2 spiro atoms. The molecule has 2 saturated carbocycles. The summed E-state index contributed by atoms with van der Waals surface area (Å²) in [6.07, 6.45) is 17.2. The van der Waals surface area contributed by atoms with Gasteiger partial charge in [0.2, 0.25) is 0 Å². The smallest absolute Gasteiger partial charge is 0.143 e. The lowest BCUT2D eigenvalue weighted by Crippen LogP contribution is -2.45. The molecule has 2 nitrogen and oxygen atoms in total. The normalized spacial score (nSPS) is 42.2. The van der Waals surface area contributed by atoms with Crippen LogP contribution in [0.4, 0.5) is 0 Å². The van der Waals surface area contributed by atoms with Crippen LogP contribution in [0.1, 0.15) is 78.6 Å². The fourth-order valence-corrected chi connectivity index (χ4v) is 7.90. The van der Waals surface area contributed by atoms with Gasteiger partial charge in [0.1, 0.15) is 11.5 Å². The number of carbonyl (C=O) groups is 1. The highest BCUT2D eigenvalue weighted by molar-refractivity contribution is 5.94. The first-order chi connectivity index (χ1) is 13.4. The Morgan fingerprint density at radius 2 is 1.86 bits per heavy atom. The summed E-state index contributed by atoms with van der Waals surface area (Å²) in [5, 5.41) is 0. The summed E-state index contributed by atoms with van der Waals surface area (Å²) in [5.41, 5.74) is 6.88. The second-order valence-corrected chi connectivity index (χ2v) is 10.8. The third kappa shape index (κ3) is 1.80. The molecule has 0 aliphatic heterocycles. The molecule has 6 rings (SSSR count). The van der Waals surface area contributed by atoms with E-state index in [-0.39, 0.29) is 16.2 Å². The first-order valence-electron chi connectivity index (χ1n) is 11.4. The standard InChI is InChI=1S/C26H32O2/c1-4-28-17-5-11-24(3)19-7-12-26-20(6-9-23(26,2)10-8-22(26)27)18(19)16-25(13-14-25)21(24)15-17/h5-6,15H,4,7-14,16H2,1-3H3/t23-,24?,26?/m0/s1. The second kappa shape index (κ2) is 5.12. The Balaban J connectivity index is 1.51. The Morgan fingerprint density at radius 1 is 1.04 bits per heavy atom. The second-order valence-electron chi connectivity index (χ2n) is 10.8. The number of fused-ring (bicyclic) bond motifs is 4. The van der Waals surface area contributed by atoms with Gasteiger partial charge in [0.15, 0.2) is 0 Å². The molecule has 6 aliphatic rings. The Bertz CT molecular complexity index is 924. The maximum absolute atomic E-state index is 13.2. The van der Waals surface area contributed by atoms with Crippen LogP contribution in [0.3, 0.4) is 0 Å². The predicted molar refractivity (Wildman–Crippen MR) is 111 cm³/mol. The van der Waals surface area contributed by atoms with Crippen LogP contribution in [0.5, 0.6) is 0 Å². The van der Waals surface area contributed by atoms with E-state index in [1.54, 1.807) is 16.7 Å². The highest BCUT2D eigenvalue weighted by Crippen LogP contribution is 2.74. The van der Waals surface area contributed by atoms with Crippen LogP contribution in [0.15, 0.2) is 46.3 Å². The molecule has 2 fully saturated rings. The Labute approximate surface area is 168 Å². The molecular weight excluding hydrogens is 344 g/mol. The molecule has 2 unspecified atom stereocenters. The lowest BCUT2D eigenvalue weighted by atomic mass is 9.50. The Morgan fingerprint density at radius 3 is 2.61 bits per heavy atom. The molecule has 0 aromatic heterocycles. The van der Waals surface area contributed by atoms with Crippen molar-refractivity contribution < 1.29 is 9.53 Å². The van der Waals surface area contributed by atoms with Gasteiger partial charge in [-0.3, -0.25) is 4.79 Å². The van der Waals surface area contributed by atoms with Crippen molar-refractivity contribution >= 4 is 5.78 Å². The number of hydrogen-bond donors (Lipinski definition) is 0. The molecular formula is C26H32O2. The van der Waals surface area contributed by atoms with Gasteiger partial charge in [0, 0.05) is 11.8 Å². The molecule has 6 aliphatic carbocycles. The van der Waals surface area contributed by atoms with E-state index < -0.39 is 0 Å². The molecule has 0 aromatic carbocycles. The van der Waals surface area contributed by atoms with Crippen molar-refractivity contribution in [1.82, 2.24) is 0 Å². The van der Waals surface area contributed by atoms with Gasteiger partial charge in [-0.1, -0.05) is 25.5 Å². The summed E-state index contributed by atoms with van der Waals surface area (Å²) in [7, 11) is 0. The van der Waals surface area contributed by atoms with Crippen molar-refractivity contribution in [2.45, 2.75) is 78.6 Å². The average molecular weight is 377 g/mol. The first-order valence-corrected chi connectivity index (χ1v) is 11.4. The summed E-state index contributed by atoms with van der Waals surface area (Å²) >= 11 is 0. The zero-order valence-electron chi connectivity index (χ0n) is 17.6. The van der Waals surface area contributed by atoms with E-state index in [1.165, 1.54) is 24.8 Å². The molecule has 0 bridgehead atoms. The quantitative estimate of drug-likeness (QED) is 0.573. The number of ether oxygens (including phenoxy) is 1. The molecule has 0 radical (unpaired) electrons. The number of ketones is 1. The van der Waals surface area contributed by atoms with E-state index >= 15 is 0 Å². The molecule has 148 valence electrons. The number of Topliss-reactive ketones (excluding diaryl/α,β-unsaturated/α-hetero) is 1. The summed E-state index contributed by atoms with van der Waals surface area (Å²) in [5.74, 6) is 1.63. The van der Waals surface area contributed by atoms with E-state index in [0.717, 1.165) is 50.9 Å². The van der Waals surface area contributed by atoms with E-state index in [0.29, 0.717) is 11.2 Å². The molecule has 2 heteroatoms. The van der Waals surface area contributed by atoms with E-state index in [2.05, 4.69) is 39.0 Å². The molecule has 3 atom stereocenters. The summed E-state index contributed by atoms with van der Waals surface area (Å²) < 4.78 is 5.90. The van der Waals surface area contributed by atoms with Gasteiger partial charge >= 0.3 is 0 Å². The summed E-state index contributed by atoms with van der Waals surface area (Å²) in [6.45, 7) is 7.69. The Hall–Kier alpha value is -1.57. The van der Waals surface area contributed by atoms with Gasteiger partial charge in [-0.25, -0.2) is 0 Å². The van der Waals surface area contributed by atoms with Crippen LogP contribution in [0.25, 0.3) is 0 Å². The fraction of sp³-hybridized carbons (Fsp3) is 0.654. The first kappa shape index (κ1) is 17.3. The van der Waals surface area contributed by atoms with Crippen LogP contribution in [0, 0.1) is 21.7 Å². The third-order valence-electron chi connectivity index (χ3n) is 9.58. The fourth-order valence-electron chi connectivity index (χ4n) is 7.90. The van der Waals surface area contributed by atoms with Gasteiger partial charge in [0.05, 0.1) is 12.0 Å². The van der Waals surface area contributed by atoms with Crippen LogP contribution < -0.4 is 0 Å². The van der Waals surface area contributed by atoms with Crippen molar-refractivity contribution in [2.75, 3.05) is 6.61 Å². The van der Waals surface area contributed by atoms with Crippen LogP contribution in [-0.2, 0) is 9.53 Å². The van der Waals surface area contributed by atoms with Crippen molar-refractivity contribution in [3.8, 4) is 0 Å². The number of carbonyl (C=O) groups excluding carboxylic acids is 1. The Kier molecular flexibility index (Phi) is 3.17. The molecule has 0 saturated heterocycles. The highest BCUT2D eigenvalue weighted by atomic mass is 16.5. The van der Waals surface area contributed by atoms with Crippen molar-refractivity contribution in [3.05, 3.63) is 46.3 Å².